The number of nitrogens with zero attached hydrogens (tertiary/aromatic N) is 1. The Balaban J connectivity index is 1.25. The van der Waals surface area contributed by atoms with Gasteiger partial charge in [-0.15, -0.1) is 0 Å². The molecule has 5 rings (SSSR count). The van der Waals surface area contributed by atoms with E-state index in [2.05, 4.69) is 29.6 Å². The summed E-state index contributed by atoms with van der Waals surface area (Å²) in [6, 6.07) is 23.8. The van der Waals surface area contributed by atoms with E-state index in [9.17, 15) is 14.4 Å². The highest BCUT2D eigenvalue weighted by Gasteiger charge is 2.30. The predicted molar refractivity (Wildman–Crippen MR) is 163 cm³/mol. The third kappa shape index (κ3) is 7.95. The maximum atomic E-state index is 13.5. The van der Waals surface area contributed by atoms with Crippen molar-refractivity contribution in [2.45, 2.75) is 77.2 Å². The zero-order chi connectivity index (χ0) is 30.4. The summed E-state index contributed by atoms with van der Waals surface area (Å²) in [5.41, 5.74) is 5.68. The molecule has 0 heterocycles. The molecule has 0 bridgehead atoms. The van der Waals surface area contributed by atoms with Crippen molar-refractivity contribution in [3.8, 4) is 11.1 Å². The predicted octanol–water partition coefficient (Wildman–Crippen LogP) is 6.95. The zero-order valence-electron chi connectivity index (χ0n) is 25.1. The van der Waals surface area contributed by atoms with Crippen molar-refractivity contribution < 1.29 is 28.6 Å². The Morgan fingerprint density at radius 3 is 2.02 bits per heavy atom. The molecule has 226 valence electrons. The van der Waals surface area contributed by atoms with Gasteiger partial charge in [-0.1, -0.05) is 72.8 Å². The van der Waals surface area contributed by atoms with Crippen LogP contribution in [0.15, 0.2) is 72.8 Å². The number of carbonyl (C=O) groups excluding carboxylic acids is 3. The lowest BCUT2D eigenvalue weighted by molar-refractivity contribution is -0.149. The van der Waals surface area contributed by atoms with E-state index in [4.69, 9.17) is 14.2 Å². The van der Waals surface area contributed by atoms with Crippen molar-refractivity contribution in [3.63, 3.8) is 0 Å². The van der Waals surface area contributed by atoms with Crippen molar-refractivity contribution in [1.29, 1.82) is 0 Å². The largest absolute Gasteiger partial charge is 0.461 e. The van der Waals surface area contributed by atoms with Gasteiger partial charge in [0.1, 0.15) is 24.9 Å². The number of ether oxygens (including phenoxy) is 3. The maximum absolute atomic E-state index is 13.5. The van der Waals surface area contributed by atoms with Crippen molar-refractivity contribution in [2.75, 3.05) is 13.2 Å². The van der Waals surface area contributed by atoms with E-state index in [1.807, 2.05) is 69.3 Å². The highest BCUT2D eigenvalue weighted by atomic mass is 16.6. The van der Waals surface area contributed by atoms with E-state index in [0.717, 1.165) is 59.1 Å². The molecule has 8 heteroatoms. The Hall–Kier alpha value is -4.33. The second-order valence-electron chi connectivity index (χ2n) is 12.2. The van der Waals surface area contributed by atoms with Crippen molar-refractivity contribution in [3.05, 3.63) is 95.1 Å². The second-order valence-corrected chi connectivity index (χ2v) is 12.2. The lowest BCUT2D eigenvalue weighted by atomic mass is 9.98. The van der Waals surface area contributed by atoms with Gasteiger partial charge >= 0.3 is 18.2 Å². The van der Waals surface area contributed by atoms with Gasteiger partial charge in [-0.2, -0.15) is 0 Å². The molecular weight excluding hydrogens is 544 g/mol. The fraction of sp³-hybridized carbons (Fsp3) is 0.400. The van der Waals surface area contributed by atoms with E-state index in [1.165, 1.54) is 4.90 Å². The van der Waals surface area contributed by atoms with E-state index in [-0.39, 0.29) is 31.7 Å². The summed E-state index contributed by atoms with van der Waals surface area (Å²) in [5, 5.41) is 2.75. The third-order valence-corrected chi connectivity index (χ3v) is 7.75. The van der Waals surface area contributed by atoms with Crippen LogP contribution in [0.25, 0.3) is 11.1 Å². The Labute approximate surface area is 253 Å². The summed E-state index contributed by atoms with van der Waals surface area (Å²) in [7, 11) is 0. The summed E-state index contributed by atoms with van der Waals surface area (Å²) in [4.78, 5) is 39.8. The molecule has 0 atom stereocenters. The number of carbonyl (C=O) groups is 3. The van der Waals surface area contributed by atoms with E-state index >= 15 is 0 Å². The van der Waals surface area contributed by atoms with E-state index in [1.54, 1.807) is 0 Å². The highest BCUT2D eigenvalue weighted by Crippen LogP contribution is 2.44. The van der Waals surface area contributed by atoms with Crippen LogP contribution < -0.4 is 5.32 Å². The summed E-state index contributed by atoms with van der Waals surface area (Å²) < 4.78 is 16.9. The smallest absolute Gasteiger partial charge is 0.410 e. The van der Waals surface area contributed by atoms with Crippen LogP contribution in [-0.2, 0) is 32.1 Å². The topological polar surface area (TPSA) is 94.2 Å². The molecule has 1 N–H and O–H groups in total. The van der Waals surface area contributed by atoms with Gasteiger partial charge in [0.25, 0.3) is 0 Å². The molecule has 0 saturated heterocycles. The molecule has 1 saturated carbocycles. The first-order valence-electron chi connectivity index (χ1n) is 15.0. The van der Waals surface area contributed by atoms with Gasteiger partial charge in [-0.05, 0) is 79.8 Å². The van der Waals surface area contributed by atoms with Crippen LogP contribution in [0.5, 0.6) is 0 Å². The minimum atomic E-state index is -0.574. The molecule has 2 amide bonds. The zero-order valence-corrected chi connectivity index (χ0v) is 25.1. The number of benzene rings is 3. The molecule has 8 nitrogen and oxygen atoms in total. The van der Waals surface area contributed by atoms with Crippen LogP contribution in [-0.4, -0.2) is 47.9 Å². The molecule has 2 aliphatic carbocycles. The number of hydrogen-bond donors (Lipinski definition) is 1. The summed E-state index contributed by atoms with van der Waals surface area (Å²) in [6.07, 6.45) is 2.66. The Morgan fingerprint density at radius 2 is 1.42 bits per heavy atom. The normalized spacial score (nSPS) is 14.5. The van der Waals surface area contributed by atoms with Crippen LogP contribution >= 0.6 is 0 Å². The maximum Gasteiger partial charge on any atom is 0.410 e. The average Bonchev–Trinajstić information content (AvgIpc) is 3.60. The number of nitrogens with one attached hydrogen (secondary N) is 1. The standard InChI is InChI=1S/C35H40N2O6/c1-35(2,3)43-33(39)36-20-24-16-18-25(19-17-24)21-37(22-32(38)42-26-10-4-5-11-26)34(40)41-23-31-29-14-8-6-12-27(29)28-13-7-9-15-30(28)31/h6-9,12-19,26,31H,4-5,10-11,20-23H2,1-3H3,(H,36,39). The molecule has 43 heavy (non-hydrogen) atoms. The molecule has 2 aliphatic rings. The summed E-state index contributed by atoms with van der Waals surface area (Å²) in [5.74, 6) is -0.515. The molecule has 0 aliphatic heterocycles. The molecule has 0 spiro atoms. The van der Waals surface area contributed by atoms with Crippen LogP contribution in [0.2, 0.25) is 0 Å². The quantitative estimate of drug-likeness (QED) is 0.216. The molecule has 0 radical (unpaired) electrons. The van der Waals surface area contributed by atoms with Crippen LogP contribution in [0, 0.1) is 0 Å². The molecule has 3 aromatic rings. The highest BCUT2D eigenvalue weighted by molar-refractivity contribution is 5.80. The van der Waals surface area contributed by atoms with Gasteiger partial charge in [0.05, 0.1) is 0 Å². The summed E-state index contributed by atoms with van der Waals surface area (Å²) >= 11 is 0. The Bertz CT molecular complexity index is 1390. The minimum Gasteiger partial charge on any atom is -0.461 e. The molecule has 3 aromatic carbocycles. The number of alkyl carbamates (subject to hydrolysis) is 1. The lowest BCUT2D eigenvalue weighted by Crippen LogP contribution is -2.38. The van der Waals surface area contributed by atoms with Crippen molar-refractivity contribution in [2.24, 2.45) is 0 Å². The number of fused-ring (bicyclic) bond motifs is 3. The Kier molecular flexibility index (Phi) is 9.34. The number of rotatable bonds is 9. The van der Waals surface area contributed by atoms with Gasteiger partial charge in [0.2, 0.25) is 0 Å². The SMILES string of the molecule is CC(C)(C)OC(=O)NCc1ccc(CN(CC(=O)OC2CCCC2)C(=O)OCC2c3ccccc3-c3ccccc32)cc1. The first-order chi connectivity index (χ1) is 20.7. The monoisotopic (exact) mass is 584 g/mol. The average molecular weight is 585 g/mol. The lowest BCUT2D eigenvalue weighted by Gasteiger charge is -2.24. The molecular formula is C35H40N2O6. The number of amides is 2. The van der Waals surface area contributed by atoms with Gasteiger partial charge in [-0.3, -0.25) is 9.69 Å². The fourth-order valence-electron chi connectivity index (χ4n) is 5.73. The van der Waals surface area contributed by atoms with Crippen molar-refractivity contribution in [1.82, 2.24) is 10.2 Å². The van der Waals surface area contributed by atoms with E-state index < -0.39 is 23.8 Å². The first kappa shape index (κ1) is 30.1. The van der Waals surface area contributed by atoms with Gasteiger partial charge in [-0.25, -0.2) is 9.59 Å². The van der Waals surface area contributed by atoms with Crippen LogP contribution in [0.4, 0.5) is 9.59 Å². The van der Waals surface area contributed by atoms with Gasteiger partial charge in [0, 0.05) is 19.0 Å². The van der Waals surface area contributed by atoms with Crippen molar-refractivity contribution >= 4 is 18.2 Å². The van der Waals surface area contributed by atoms with Gasteiger partial charge < -0.3 is 19.5 Å². The fourth-order valence-corrected chi connectivity index (χ4v) is 5.73. The van der Waals surface area contributed by atoms with Gasteiger partial charge in [0.15, 0.2) is 0 Å². The molecule has 0 unspecified atom stereocenters. The van der Waals surface area contributed by atoms with Crippen LogP contribution in [0.1, 0.15) is 74.6 Å². The Morgan fingerprint density at radius 1 is 0.837 bits per heavy atom. The third-order valence-electron chi connectivity index (χ3n) is 7.75. The number of esters is 1. The number of hydrogen-bond acceptors (Lipinski definition) is 6. The summed E-state index contributed by atoms with van der Waals surface area (Å²) in [6.45, 7) is 5.88. The van der Waals surface area contributed by atoms with Crippen LogP contribution in [0.3, 0.4) is 0 Å². The van der Waals surface area contributed by atoms with E-state index in [0.29, 0.717) is 6.54 Å². The molecule has 0 aromatic heterocycles. The first-order valence-corrected chi connectivity index (χ1v) is 15.0. The minimum absolute atomic E-state index is 0.0830. The second kappa shape index (κ2) is 13.3. The molecule has 1 fully saturated rings.